The molecule has 0 N–H and O–H groups in total. The highest BCUT2D eigenvalue weighted by atomic mass is 16.2. The van der Waals surface area contributed by atoms with Crippen LogP contribution in [0.15, 0.2) is 60.7 Å². The standard InChI is InChI=1S/C19H20N2O/c1-19(2,15-20)18(22)21(13-16-9-5-3-6-10-16)14-17-11-7-4-8-12-17/h3-12H,13-14H2,1-2H3. The van der Waals surface area contributed by atoms with E-state index in [1.165, 1.54) is 0 Å². The summed E-state index contributed by atoms with van der Waals surface area (Å²) in [5, 5.41) is 9.25. The molecule has 2 aromatic rings. The summed E-state index contributed by atoms with van der Waals surface area (Å²) in [6.07, 6.45) is 0. The Morgan fingerprint density at radius 1 is 0.955 bits per heavy atom. The van der Waals surface area contributed by atoms with Crippen LogP contribution in [-0.4, -0.2) is 10.8 Å². The molecule has 0 heterocycles. The van der Waals surface area contributed by atoms with Crippen LogP contribution in [0.5, 0.6) is 0 Å². The van der Waals surface area contributed by atoms with Gasteiger partial charge in [0.05, 0.1) is 6.07 Å². The highest BCUT2D eigenvalue weighted by Crippen LogP contribution is 2.21. The molecule has 0 bridgehead atoms. The van der Waals surface area contributed by atoms with E-state index in [1.54, 1.807) is 18.7 Å². The second-order valence-corrected chi connectivity index (χ2v) is 5.87. The van der Waals surface area contributed by atoms with E-state index in [9.17, 15) is 10.1 Å². The van der Waals surface area contributed by atoms with Gasteiger partial charge in [-0.15, -0.1) is 0 Å². The number of carbonyl (C=O) groups excluding carboxylic acids is 1. The molecule has 0 spiro atoms. The average Bonchev–Trinajstić information content (AvgIpc) is 2.55. The van der Waals surface area contributed by atoms with Gasteiger partial charge in [-0.1, -0.05) is 60.7 Å². The van der Waals surface area contributed by atoms with Crippen LogP contribution in [0.2, 0.25) is 0 Å². The maximum Gasteiger partial charge on any atom is 0.243 e. The predicted octanol–water partition coefficient (Wildman–Crippen LogP) is 3.77. The molecule has 0 aliphatic rings. The highest BCUT2D eigenvalue weighted by molar-refractivity contribution is 5.84. The summed E-state index contributed by atoms with van der Waals surface area (Å²) in [6, 6.07) is 21.8. The first-order chi connectivity index (χ1) is 10.5. The van der Waals surface area contributed by atoms with Crippen LogP contribution in [0.25, 0.3) is 0 Å². The monoisotopic (exact) mass is 292 g/mol. The number of hydrogen-bond donors (Lipinski definition) is 0. The van der Waals surface area contributed by atoms with Gasteiger partial charge in [-0.25, -0.2) is 0 Å². The van der Waals surface area contributed by atoms with E-state index in [4.69, 9.17) is 0 Å². The summed E-state index contributed by atoms with van der Waals surface area (Å²) >= 11 is 0. The van der Waals surface area contributed by atoms with Crippen LogP contribution >= 0.6 is 0 Å². The van der Waals surface area contributed by atoms with Crippen molar-refractivity contribution >= 4 is 5.91 Å². The molecular formula is C19H20N2O. The molecule has 0 saturated heterocycles. The van der Waals surface area contributed by atoms with E-state index in [-0.39, 0.29) is 5.91 Å². The second kappa shape index (κ2) is 6.91. The third-order valence-electron chi connectivity index (χ3n) is 3.53. The van der Waals surface area contributed by atoms with Crippen molar-refractivity contribution < 1.29 is 4.79 Å². The van der Waals surface area contributed by atoms with Crippen LogP contribution in [0, 0.1) is 16.7 Å². The minimum absolute atomic E-state index is 0.150. The van der Waals surface area contributed by atoms with Gasteiger partial charge in [0.15, 0.2) is 0 Å². The average molecular weight is 292 g/mol. The van der Waals surface area contributed by atoms with E-state index >= 15 is 0 Å². The molecule has 3 nitrogen and oxygen atoms in total. The molecule has 0 saturated carbocycles. The lowest BCUT2D eigenvalue weighted by Gasteiger charge is -2.28. The van der Waals surface area contributed by atoms with Crippen molar-refractivity contribution in [3.63, 3.8) is 0 Å². The summed E-state index contributed by atoms with van der Waals surface area (Å²) in [5.41, 5.74) is 1.09. The number of rotatable bonds is 5. The summed E-state index contributed by atoms with van der Waals surface area (Å²) in [5.74, 6) is -0.150. The van der Waals surface area contributed by atoms with E-state index in [0.717, 1.165) is 11.1 Å². The molecule has 0 unspecified atom stereocenters. The molecular weight excluding hydrogens is 272 g/mol. The maximum atomic E-state index is 12.7. The molecule has 2 rings (SSSR count). The zero-order valence-corrected chi connectivity index (χ0v) is 13.0. The summed E-state index contributed by atoms with van der Waals surface area (Å²) in [7, 11) is 0. The van der Waals surface area contributed by atoms with Crippen molar-refractivity contribution in [3.05, 3.63) is 71.8 Å². The molecule has 0 atom stereocenters. The van der Waals surface area contributed by atoms with Crippen molar-refractivity contribution in [2.75, 3.05) is 0 Å². The van der Waals surface area contributed by atoms with Gasteiger partial charge >= 0.3 is 0 Å². The summed E-state index contributed by atoms with van der Waals surface area (Å²) < 4.78 is 0. The molecule has 22 heavy (non-hydrogen) atoms. The van der Waals surface area contributed by atoms with E-state index in [2.05, 4.69) is 6.07 Å². The molecule has 0 aliphatic heterocycles. The fraction of sp³-hybridized carbons (Fsp3) is 0.263. The van der Waals surface area contributed by atoms with E-state index in [0.29, 0.717) is 13.1 Å². The van der Waals surface area contributed by atoms with Gasteiger partial charge in [-0.05, 0) is 25.0 Å². The van der Waals surface area contributed by atoms with Gasteiger partial charge in [-0.2, -0.15) is 5.26 Å². The normalized spacial score (nSPS) is 10.8. The lowest BCUT2D eigenvalue weighted by molar-refractivity contribution is -0.138. The van der Waals surface area contributed by atoms with Gasteiger partial charge in [0, 0.05) is 13.1 Å². The summed E-state index contributed by atoms with van der Waals surface area (Å²) in [4.78, 5) is 14.5. The van der Waals surface area contributed by atoms with Crippen LogP contribution in [-0.2, 0) is 17.9 Å². The Morgan fingerprint density at radius 3 is 1.73 bits per heavy atom. The lowest BCUT2D eigenvalue weighted by Crippen LogP contribution is -2.39. The zero-order valence-electron chi connectivity index (χ0n) is 13.0. The van der Waals surface area contributed by atoms with E-state index in [1.807, 2.05) is 60.7 Å². The first kappa shape index (κ1) is 15.8. The minimum atomic E-state index is -1.02. The predicted molar refractivity (Wildman–Crippen MR) is 86.5 cm³/mol. The maximum absolute atomic E-state index is 12.7. The van der Waals surface area contributed by atoms with Crippen molar-refractivity contribution in [2.24, 2.45) is 5.41 Å². The second-order valence-electron chi connectivity index (χ2n) is 5.87. The van der Waals surface area contributed by atoms with Crippen LogP contribution in [0.4, 0.5) is 0 Å². The zero-order chi connectivity index (χ0) is 16.0. The topological polar surface area (TPSA) is 44.1 Å². The molecule has 2 aromatic carbocycles. The van der Waals surface area contributed by atoms with Gasteiger partial charge in [0.1, 0.15) is 5.41 Å². The van der Waals surface area contributed by atoms with Crippen molar-refractivity contribution in [2.45, 2.75) is 26.9 Å². The van der Waals surface area contributed by atoms with Crippen molar-refractivity contribution in [1.29, 1.82) is 5.26 Å². The summed E-state index contributed by atoms with van der Waals surface area (Å²) in [6.45, 7) is 4.33. The Balaban J connectivity index is 2.25. The Bertz CT molecular complexity index is 615. The Hall–Kier alpha value is -2.60. The SMILES string of the molecule is CC(C)(C#N)C(=O)N(Cc1ccccc1)Cc1ccccc1. The lowest BCUT2D eigenvalue weighted by atomic mass is 9.93. The van der Waals surface area contributed by atoms with Crippen LogP contribution in [0.1, 0.15) is 25.0 Å². The van der Waals surface area contributed by atoms with E-state index < -0.39 is 5.41 Å². The molecule has 3 heteroatoms. The number of benzene rings is 2. The van der Waals surface area contributed by atoms with Gasteiger partial charge in [0.2, 0.25) is 5.91 Å². The number of hydrogen-bond acceptors (Lipinski definition) is 2. The minimum Gasteiger partial charge on any atom is -0.333 e. The number of nitriles is 1. The first-order valence-electron chi connectivity index (χ1n) is 7.31. The van der Waals surface area contributed by atoms with Crippen LogP contribution < -0.4 is 0 Å². The molecule has 0 aliphatic carbocycles. The smallest absolute Gasteiger partial charge is 0.243 e. The molecule has 112 valence electrons. The molecule has 0 fully saturated rings. The Labute approximate surface area is 131 Å². The first-order valence-corrected chi connectivity index (χ1v) is 7.31. The largest absolute Gasteiger partial charge is 0.333 e. The van der Waals surface area contributed by atoms with Crippen molar-refractivity contribution in [3.8, 4) is 6.07 Å². The third-order valence-corrected chi connectivity index (χ3v) is 3.53. The molecule has 0 radical (unpaired) electrons. The van der Waals surface area contributed by atoms with Crippen molar-refractivity contribution in [1.82, 2.24) is 4.90 Å². The highest BCUT2D eigenvalue weighted by Gasteiger charge is 2.32. The molecule has 0 aromatic heterocycles. The van der Waals surface area contributed by atoms with Gasteiger partial charge in [-0.3, -0.25) is 4.79 Å². The molecule has 1 amide bonds. The Kier molecular flexibility index (Phi) is 4.95. The number of amides is 1. The number of carbonyl (C=O) groups is 1. The fourth-order valence-corrected chi connectivity index (χ4v) is 2.25. The fourth-order valence-electron chi connectivity index (χ4n) is 2.25. The van der Waals surface area contributed by atoms with Gasteiger partial charge < -0.3 is 4.90 Å². The third kappa shape index (κ3) is 3.95. The van der Waals surface area contributed by atoms with Crippen LogP contribution in [0.3, 0.4) is 0 Å². The van der Waals surface area contributed by atoms with Gasteiger partial charge in [0.25, 0.3) is 0 Å². The quantitative estimate of drug-likeness (QED) is 0.842. The Morgan fingerprint density at radius 2 is 1.36 bits per heavy atom. The number of nitrogens with zero attached hydrogens (tertiary/aromatic N) is 2.